The largest absolute Gasteiger partial charge is 0.461 e. The first-order valence-electron chi connectivity index (χ1n) is 13.0. The van der Waals surface area contributed by atoms with Gasteiger partial charge in [0.25, 0.3) is 0 Å². The summed E-state index contributed by atoms with van der Waals surface area (Å²) in [6.45, 7) is -2.05. The Labute approximate surface area is 237 Å². The lowest BCUT2D eigenvalue weighted by Crippen LogP contribution is -2.60. The number of aliphatic hydroxyl groups is 9. The number of fused-ring (bicyclic) bond motifs is 2. The van der Waals surface area contributed by atoms with Crippen LogP contribution in [0.1, 0.15) is 37.4 Å². The Bertz CT molecular complexity index is 1340. The Morgan fingerprint density at radius 2 is 1.14 bits per heavy atom. The zero-order chi connectivity index (χ0) is 30.5. The van der Waals surface area contributed by atoms with Crippen molar-refractivity contribution >= 4 is 11.6 Å². The molecule has 9 N–H and O–H groups in total. The summed E-state index contributed by atoms with van der Waals surface area (Å²) in [4.78, 5) is 27.6. The number of rotatable bonds is 7. The van der Waals surface area contributed by atoms with Crippen LogP contribution in [0, 0.1) is 0 Å². The van der Waals surface area contributed by atoms with Gasteiger partial charge in [0.2, 0.25) is 18.4 Å². The molecule has 42 heavy (non-hydrogen) atoms. The molecule has 10 atom stereocenters. The Morgan fingerprint density at radius 3 is 1.67 bits per heavy atom. The normalized spacial score (nSPS) is 34.5. The molecule has 0 aromatic heterocycles. The van der Waals surface area contributed by atoms with Gasteiger partial charge in [-0.15, -0.1) is 0 Å². The first kappa shape index (κ1) is 30.4. The fourth-order valence-electron chi connectivity index (χ4n) is 5.17. The van der Waals surface area contributed by atoms with Crippen LogP contribution in [0.3, 0.4) is 0 Å². The second-order valence-electron chi connectivity index (χ2n) is 10.1. The van der Waals surface area contributed by atoms with Gasteiger partial charge in [-0.2, -0.15) is 0 Å². The SMILES string of the molecule is O=C1c2cccc(OC3OC(CO)C(O)C(O)C3O)c2C(=O)c2c(OC3OC(CO)C(O)C(O)C3O)cc(CO)cc21. The molecule has 3 aliphatic rings. The summed E-state index contributed by atoms with van der Waals surface area (Å²) in [5.74, 6) is -2.12. The first-order valence-corrected chi connectivity index (χ1v) is 13.0. The minimum absolute atomic E-state index is 0.122. The first-order chi connectivity index (χ1) is 20.0. The minimum atomic E-state index is -1.84. The van der Waals surface area contributed by atoms with Crippen LogP contribution in [0.4, 0.5) is 0 Å². The molecule has 0 amide bonds. The lowest BCUT2D eigenvalue weighted by Gasteiger charge is -2.40. The summed E-state index contributed by atoms with van der Waals surface area (Å²) in [5.41, 5.74) is -0.771. The van der Waals surface area contributed by atoms with E-state index in [0.29, 0.717) is 0 Å². The summed E-state index contributed by atoms with van der Waals surface area (Å²) in [5, 5.41) is 90.1. The van der Waals surface area contributed by atoms with Crippen molar-refractivity contribution in [2.24, 2.45) is 0 Å². The maximum atomic E-state index is 14.0. The van der Waals surface area contributed by atoms with E-state index < -0.39 is 92.8 Å². The van der Waals surface area contributed by atoms with Crippen molar-refractivity contribution in [1.82, 2.24) is 0 Å². The summed E-state index contributed by atoms with van der Waals surface area (Å²) >= 11 is 0. The number of ether oxygens (including phenoxy) is 4. The second-order valence-corrected chi connectivity index (χ2v) is 10.1. The average molecular weight is 595 g/mol. The lowest BCUT2D eigenvalue weighted by molar-refractivity contribution is -0.277. The summed E-state index contributed by atoms with van der Waals surface area (Å²) in [6.07, 6.45) is -16.6. The molecule has 2 aromatic carbocycles. The van der Waals surface area contributed by atoms with Crippen LogP contribution >= 0.6 is 0 Å². The number of carbonyl (C=O) groups is 2. The van der Waals surface area contributed by atoms with Crippen molar-refractivity contribution in [2.75, 3.05) is 13.2 Å². The zero-order valence-electron chi connectivity index (χ0n) is 21.8. The average Bonchev–Trinajstić information content (AvgIpc) is 2.99. The maximum Gasteiger partial charge on any atom is 0.229 e. The Kier molecular flexibility index (Phi) is 8.62. The minimum Gasteiger partial charge on any atom is -0.461 e. The number of aliphatic hydroxyl groups excluding tert-OH is 9. The highest BCUT2D eigenvalue weighted by Crippen LogP contribution is 2.40. The van der Waals surface area contributed by atoms with Crippen molar-refractivity contribution in [3.8, 4) is 11.5 Å². The Balaban J connectivity index is 1.54. The molecule has 0 radical (unpaired) electrons. The van der Waals surface area contributed by atoms with Crippen molar-refractivity contribution in [2.45, 2.75) is 68.0 Å². The molecule has 2 heterocycles. The van der Waals surface area contributed by atoms with Crippen LogP contribution in [0.25, 0.3) is 0 Å². The summed E-state index contributed by atoms with van der Waals surface area (Å²) < 4.78 is 22.2. The number of carbonyl (C=O) groups excluding carboxylic acids is 2. The molecule has 0 saturated carbocycles. The molecular formula is C27H30O15. The molecule has 5 rings (SSSR count). The van der Waals surface area contributed by atoms with E-state index >= 15 is 0 Å². The Morgan fingerprint density at radius 1 is 0.619 bits per heavy atom. The lowest BCUT2D eigenvalue weighted by atomic mass is 9.82. The van der Waals surface area contributed by atoms with E-state index in [9.17, 15) is 55.5 Å². The fraction of sp³-hybridized carbons (Fsp3) is 0.481. The zero-order valence-corrected chi connectivity index (χ0v) is 21.8. The van der Waals surface area contributed by atoms with E-state index in [4.69, 9.17) is 18.9 Å². The van der Waals surface area contributed by atoms with Crippen LogP contribution in [-0.2, 0) is 16.1 Å². The topological polar surface area (TPSA) is 253 Å². The van der Waals surface area contributed by atoms with Crippen LogP contribution < -0.4 is 9.47 Å². The third-order valence-corrected chi connectivity index (χ3v) is 7.50. The van der Waals surface area contributed by atoms with Gasteiger partial charge in [0.05, 0.1) is 30.9 Å². The molecule has 10 unspecified atom stereocenters. The van der Waals surface area contributed by atoms with E-state index in [-0.39, 0.29) is 39.3 Å². The number of hydrogen-bond acceptors (Lipinski definition) is 15. The quantitative estimate of drug-likeness (QED) is 0.128. The number of benzene rings is 2. The van der Waals surface area contributed by atoms with Gasteiger partial charge >= 0.3 is 0 Å². The highest BCUT2D eigenvalue weighted by Gasteiger charge is 2.47. The maximum absolute atomic E-state index is 14.0. The predicted octanol–water partition coefficient (Wildman–Crippen LogP) is -3.69. The van der Waals surface area contributed by atoms with Crippen LogP contribution in [-0.4, -0.2) is 132 Å². The Hall–Kier alpha value is -3.06. The van der Waals surface area contributed by atoms with Gasteiger partial charge in [0.15, 0.2) is 5.78 Å². The van der Waals surface area contributed by atoms with Crippen molar-refractivity contribution in [3.63, 3.8) is 0 Å². The third kappa shape index (κ3) is 5.08. The van der Waals surface area contributed by atoms with Gasteiger partial charge in [0, 0.05) is 11.1 Å². The molecule has 2 fully saturated rings. The molecule has 0 bridgehead atoms. The highest BCUT2D eigenvalue weighted by molar-refractivity contribution is 6.30. The second kappa shape index (κ2) is 11.9. The molecule has 15 nitrogen and oxygen atoms in total. The molecule has 1 aliphatic carbocycles. The number of ketones is 2. The molecule has 2 aliphatic heterocycles. The van der Waals surface area contributed by atoms with E-state index in [2.05, 4.69) is 0 Å². The predicted molar refractivity (Wildman–Crippen MR) is 134 cm³/mol. The molecule has 0 spiro atoms. The van der Waals surface area contributed by atoms with Gasteiger partial charge in [-0.3, -0.25) is 9.59 Å². The smallest absolute Gasteiger partial charge is 0.229 e. The monoisotopic (exact) mass is 594 g/mol. The van der Waals surface area contributed by atoms with Crippen molar-refractivity contribution < 1.29 is 74.5 Å². The van der Waals surface area contributed by atoms with Gasteiger partial charge in [0.1, 0.15) is 60.3 Å². The van der Waals surface area contributed by atoms with Crippen molar-refractivity contribution in [1.29, 1.82) is 0 Å². The van der Waals surface area contributed by atoms with Gasteiger partial charge < -0.3 is 64.9 Å². The van der Waals surface area contributed by atoms with Crippen LogP contribution in [0.15, 0.2) is 30.3 Å². The molecule has 2 saturated heterocycles. The third-order valence-electron chi connectivity index (χ3n) is 7.50. The van der Waals surface area contributed by atoms with E-state index in [0.717, 1.165) is 0 Å². The van der Waals surface area contributed by atoms with Gasteiger partial charge in [-0.1, -0.05) is 12.1 Å². The van der Waals surface area contributed by atoms with Gasteiger partial charge in [-0.05, 0) is 23.8 Å². The van der Waals surface area contributed by atoms with Crippen LogP contribution in [0.2, 0.25) is 0 Å². The van der Waals surface area contributed by atoms with Crippen LogP contribution in [0.5, 0.6) is 11.5 Å². The molecule has 15 heteroatoms. The van der Waals surface area contributed by atoms with Crippen molar-refractivity contribution in [3.05, 3.63) is 58.1 Å². The summed E-state index contributed by atoms with van der Waals surface area (Å²) in [7, 11) is 0. The van der Waals surface area contributed by atoms with E-state index in [1.807, 2.05) is 0 Å². The van der Waals surface area contributed by atoms with E-state index in [1.165, 1.54) is 30.3 Å². The fourth-order valence-corrected chi connectivity index (χ4v) is 5.17. The number of hydrogen-bond donors (Lipinski definition) is 9. The highest BCUT2D eigenvalue weighted by atomic mass is 16.7. The molecule has 2 aromatic rings. The molecular weight excluding hydrogens is 564 g/mol. The summed E-state index contributed by atoms with van der Waals surface area (Å²) in [6, 6.07) is 6.48. The van der Waals surface area contributed by atoms with Gasteiger partial charge in [-0.25, -0.2) is 0 Å². The van der Waals surface area contributed by atoms with E-state index in [1.54, 1.807) is 0 Å². The standard InChI is InChI=1S/C27H30O15/c28-6-9-4-11-17(13(5-9)40-27-25(38)23(36)20(33)15(8-30)42-27)21(34)16-10(18(11)31)2-1-3-12(16)39-26-24(37)22(35)19(32)14(7-29)41-26/h1-5,14-15,19-20,22-30,32-33,35-38H,6-8H2. The molecule has 228 valence electrons.